The van der Waals surface area contributed by atoms with Crippen LogP contribution in [0, 0.1) is 16.7 Å². The Hall–Kier alpha value is -3.55. The summed E-state index contributed by atoms with van der Waals surface area (Å²) >= 11 is 1.56. The third-order valence-corrected chi connectivity index (χ3v) is 17.0. The van der Waals surface area contributed by atoms with Gasteiger partial charge in [0.05, 0.1) is 19.7 Å². The molecule has 1 spiro atoms. The van der Waals surface area contributed by atoms with Gasteiger partial charge in [-0.15, -0.1) is 0 Å². The van der Waals surface area contributed by atoms with E-state index in [9.17, 15) is 19.8 Å². The van der Waals surface area contributed by atoms with E-state index >= 15 is 0 Å². The van der Waals surface area contributed by atoms with Gasteiger partial charge in [-0.05, 0) is 92.8 Å². The molecule has 12 heteroatoms. The number of amides is 1. The van der Waals surface area contributed by atoms with E-state index in [1.807, 2.05) is 18.2 Å². The molecule has 11 nitrogen and oxygen atoms in total. The fourth-order valence-electron chi connectivity index (χ4n) is 13.8. The Morgan fingerprint density at radius 3 is 2.62 bits per heavy atom. The largest absolute Gasteiger partial charge is 0.496 e. The lowest BCUT2D eigenvalue weighted by molar-refractivity contribution is -0.201. The van der Waals surface area contributed by atoms with Crippen LogP contribution >= 0.6 is 11.8 Å². The van der Waals surface area contributed by atoms with Gasteiger partial charge in [0, 0.05) is 95.2 Å². The lowest BCUT2D eigenvalue weighted by Crippen LogP contribution is -2.81. The number of ether oxygens (including phenoxy) is 2. The van der Waals surface area contributed by atoms with Gasteiger partial charge in [-0.1, -0.05) is 51.1 Å². The molecule has 1 amide bonds. The standard InChI is InChI=1S/C48H65N5O6S/c1-8-44(3)25-30-26-45(4,39-32(15-19-52(28-30)29-44)31-13-10-11-14-35(31)50-39)34-23-33-36(24-37(34)58-6)51(5)41-47(33)17-20-53-18-12-16-46(9-2,40(47)53)42(55)48(41,57)38(54)27-49-43(56)59-21-22-60-7/h10-14,16,23-24,30,40-42,50,55,57H,8-9,15,17-22,25-29H2,1-7H3,(H,49,56)/t30?,40-,41?,42+,44+,45+,46+,47+,48-/m0/s1. The summed E-state index contributed by atoms with van der Waals surface area (Å²) in [5, 5.41) is 30.0. The number of alkyl carbamates (subject to hydrolysis) is 1. The summed E-state index contributed by atoms with van der Waals surface area (Å²) in [5.74, 6) is 1.23. The van der Waals surface area contributed by atoms with E-state index in [1.54, 1.807) is 18.9 Å². The number of nitrogens with zero attached hydrogens (tertiary/aromatic N) is 3. The third kappa shape index (κ3) is 5.89. The number of thioether (sulfide) groups is 1. The van der Waals surface area contributed by atoms with Gasteiger partial charge >= 0.3 is 6.09 Å². The van der Waals surface area contributed by atoms with Crippen molar-refractivity contribution in [1.82, 2.24) is 20.1 Å². The number of Topliss-reactive ketones (excluding diaryl/α,β-unsaturated/α-hetero) is 1. The lowest BCUT2D eigenvalue weighted by atomic mass is 9.47. The number of ketones is 1. The highest BCUT2D eigenvalue weighted by molar-refractivity contribution is 7.98. The Balaban J connectivity index is 1.24. The third-order valence-electron chi connectivity index (χ3n) is 16.4. The van der Waals surface area contributed by atoms with Gasteiger partial charge in [0.15, 0.2) is 11.4 Å². The Bertz CT molecular complexity index is 2210. The van der Waals surface area contributed by atoms with E-state index < -0.39 is 52.4 Å². The minimum atomic E-state index is -2.24. The average Bonchev–Trinajstić information content (AvgIpc) is 3.91. The molecule has 2 saturated heterocycles. The molecule has 3 unspecified atom stereocenters. The monoisotopic (exact) mass is 839 g/mol. The lowest BCUT2D eigenvalue weighted by Gasteiger charge is -2.63. The van der Waals surface area contributed by atoms with Crippen molar-refractivity contribution in [1.29, 1.82) is 0 Å². The molecule has 324 valence electrons. The molecule has 4 N–H and O–H groups in total. The van der Waals surface area contributed by atoms with Crippen LogP contribution in [0.2, 0.25) is 0 Å². The fraction of sp³-hybridized carbons (Fsp3) is 0.625. The Kier molecular flexibility index (Phi) is 10.5. The molecular weight excluding hydrogens is 775 g/mol. The summed E-state index contributed by atoms with van der Waals surface area (Å²) in [5.41, 5.74) is 2.69. The second kappa shape index (κ2) is 15.1. The minimum absolute atomic E-state index is 0.184. The number of aromatic amines is 1. The van der Waals surface area contributed by atoms with Crippen molar-refractivity contribution in [2.45, 2.75) is 101 Å². The average molecular weight is 840 g/mol. The summed E-state index contributed by atoms with van der Waals surface area (Å²) in [6, 6.07) is 12.3. The number of rotatable bonds is 10. The van der Waals surface area contributed by atoms with Crippen LogP contribution in [-0.4, -0.2) is 133 Å². The molecule has 2 bridgehead atoms. The Labute approximate surface area is 359 Å². The Morgan fingerprint density at radius 1 is 1.07 bits per heavy atom. The van der Waals surface area contributed by atoms with Gasteiger partial charge in [0.1, 0.15) is 18.5 Å². The fourth-order valence-corrected chi connectivity index (χ4v) is 14.1. The number of H-pyrrole nitrogens is 1. The van der Waals surface area contributed by atoms with E-state index in [4.69, 9.17) is 9.47 Å². The number of likely N-dealkylation sites (N-methyl/N-ethyl adjacent to an activating group) is 1. The number of nitrogens with one attached hydrogen (secondary N) is 2. The Morgan fingerprint density at radius 2 is 1.87 bits per heavy atom. The predicted molar refractivity (Wildman–Crippen MR) is 238 cm³/mol. The highest BCUT2D eigenvalue weighted by Crippen LogP contribution is 2.67. The number of hydrogen-bond acceptors (Lipinski definition) is 10. The highest BCUT2D eigenvalue weighted by Gasteiger charge is 2.78. The molecule has 3 fully saturated rings. The van der Waals surface area contributed by atoms with E-state index in [1.165, 1.54) is 16.6 Å². The highest BCUT2D eigenvalue weighted by atomic mass is 32.2. The second-order valence-corrected chi connectivity index (χ2v) is 20.5. The van der Waals surface area contributed by atoms with Crippen LogP contribution < -0.4 is 15.0 Å². The van der Waals surface area contributed by atoms with Crippen molar-refractivity contribution >= 4 is 40.2 Å². The molecule has 1 aromatic heterocycles. The molecule has 5 aliphatic heterocycles. The predicted octanol–water partition coefficient (Wildman–Crippen LogP) is 6.03. The number of aliphatic hydroxyl groups excluding tert-OH is 1. The van der Waals surface area contributed by atoms with Crippen molar-refractivity contribution in [3.63, 3.8) is 0 Å². The number of aliphatic hydroxyl groups is 2. The number of carbonyl (C=O) groups excluding carboxylic acids is 2. The molecule has 60 heavy (non-hydrogen) atoms. The van der Waals surface area contributed by atoms with E-state index in [0.29, 0.717) is 24.5 Å². The second-order valence-electron chi connectivity index (χ2n) is 19.6. The number of fused-ring (bicyclic) bond motifs is 6. The number of aromatic nitrogens is 1. The SMILES string of the molecule is CC[C@]1(C)CC2CN(CCc3c([nH]c4ccccc34)[C@@](C)(c3cc4c(cc3OC)N(C)C3[C@]45CCN4CC=C[C@@](CC)([C@@H](O)[C@]3(O)C(=O)CNC(=O)OCCSC)[C@H]45)C2)C1. The van der Waals surface area contributed by atoms with Gasteiger partial charge in [-0.3, -0.25) is 9.69 Å². The number of methoxy groups -OCH3 is 1. The first-order valence-electron chi connectivity index (χ1n) is 22.3. The molecule has 10 atom stereocenters. The van der Waals surface area contributed by atoms with E-state index in [0.717, 1.165) is 86.5 Å². The topological polar surface area (TPSA) is 131 Å². The number of anilines is 1. The number of benzene rings is 2. The number of para-hydroxylation sites is 1. The molecule has 3 aromatic rings. The zero-order valence-electron chi connectivity index (χ0n) is 36.6. The maximum atomic E-state index is 14.8. The van der Waals surface area contributed by atoms with Crippen molar-refractivity contribution in [3.05, 3.63) is 70.9 Å². The van der Waals surface area contributed by atoms with E-state index in [2.05, 4.69) is 96.3 Å². The summed E-state index contributed by atoms with van der Waals surface area (Å²) in [7, 11) is 3.71. The van der Waals surface area contributed by atoms with Crippen LogP contribution in [0.15, 0.2) is 48.6 Å². The van der Waals surface area contributed by atoms with Crippen LogP contribution in [0.4, 0.5) is 10.5 Å². The van der Waals surface area contributed by atoms with Crippen LogP contribution in [-0.2, 0) is 26.8 Å². The number of hydrogen-bond donors (Lipinski definition) is 4. The normalized spacial score (nSPS) is 36.7. The number of piperidine rings is 1. The summed E-state index contributed by atoms with van der Waals surface area (Å²) in [6.07, 6.45) is 9.34. The quantitative estimate of drug-likeness (QED) is 0.142. The van der Waals surface area contributed by atoms with Crippen LogP contribution in [0.3, 0.4) is 0 Å². The van der Waals surface area contributed by atoms with Gasteiger partial charge < -0.3 is 39.8 Å². The molecule has 6 aliphatic rings. The molecule has 2 aromatic carbocycles. The molecule has 1 saturated carbocycles. The summed E-state index contributed by atoms with van der Waals surface area (Å²) in [4.78, 5) is 38.8. The van der Waals surface area contributed by atoms with Crippen molar-refractivity contribution in [2.75, 3.05) is 76.9 Å². The molecule has 1 aliphatic carbocycles. The van der Waals surface area contributed by atoms with Crippen LogP contribution in [0.1, 0.15) is 82.2 Å². The van der Waals surface area contributed by atoms with Gasteiger partial charge in [-0.25, -0.2) is 4.79 Å². The summed E-state index contributed by atoms with van der Waals surface area (Å²) < 4.78 is 11.8. The van der Waals surface area contributed by atoms with Crippen molar-refractivity contribution in [2.24, 2.45) is 16.7 Å². The van der Waals surface area contributed by atoms with Crippen molar-refractivity contribution in [3.8, 4) is 5.75 Å². The van der Waals surface area contributed by atoms with Gasteiger partial charge in [0.25, 0.3) is 0 Å². The molecule has 6 heterocycles. The van der Waals surface area contributed by atoms with Gasteiger partial charge in [0.2, 0.25) is 0 Å². The zero-order chi connectivity index (χ0) is 42.4. The van der Waals surface area contributed by atoms with E-state index in [-0.39, 0.29) is 18.1 Å². The smallest absolute Gasteiger partial charge is 0.407 e. The summed E-state index contributed by atoms with van der Waals surface area (Å²) in [6.45, 7) is 13.7. The maximum Gasteiger partial charge on any atom is 0.407 e. The zero-order valence-corrected chi connectivity index (χ0v) is 37.4. The molecular formula is C48H65N5O6S. The maximum absolute atomic E-state index is 14.8. The first-order valence-corrected chi connectivity index (χ1v) is 23.7. The molecule has 0 radical (unpaired) electrons. The first kappa shape index (κ1) is 41.8. The van der Waals surface area contributed by atoms with Crippen LogP contribution in [0.25, 0.3) is 10.9 Å². The molecule has 9 rings (SSSR count). The van der Waals surface area contributed by atoms with Crippen LogP contribution in [0.5, 0.6) is 5.75 Å². The number of carbonyl (C=O) groups is 2. The first-order chi connectivity index (χ1) is 28.7. The van der Waals surface area contributed by atoms with Crippen molar-refractivity contribution < 1.29 is 29.3 Å². The minimum Gasteiger partial charge on any atom is -0.496 e. The van der Waals surface area contributed by atoms with Gasteiger partial charge in [-0.2, -0.15) is 11.8 Å².